The molecule has 1 aromatic carbocycles. The van der Waals surface area contributed by atoms with Crippen LogP contribution < -0.4 is 16.0 Å². The molecule has 0 spiro atoms. The van der Waals surface area contributed by atoms with E-state index in [1.807, 2.05) is 13.0 Å². The van der Waals surface area contributed by atoms with Crippen molar-refractivity contribution in [3.05, 3.63) is 47.5 Å². The standard InChI is InChI=1S/C16H19F3N6O.HI/c1-3-20-16(21-8-10-6-7-23-25(10)2)22-9-13(26)24-12-5-4-11(17)14(18)15(12)19;/h4-7H,3,8-9H2,1-2H3,(H,24,26)(H2,20,21,22);1H. The molecule has 1 heterocycles. The molecule has 0 saturated heterocycles. The van der Waals surface area contributed by atoms with Crippen molar-refractivity contribution in [3.8, 4) is 0 Å². The number of halogens is 4. The number of guanidine groups is 1. The summed E-state index contributed by atoms with van der Waals surface area (Å²) in [6.45, 7) is 2.52. The number of rotatable bonds is 6. The van der Waals surface area contributed by atoms with Crippen LogP contribution >= 0.6 is 24.0 Å². The molecule has 2 aromatic rings. The average Bonchev–Trinajstić information content (AvgIpc) is 3.03. The first-order chi connectivity index (χ1) is 12.4. The molecule has 148 valence electrons. The Balaban J connectivity index is 0.00000364. The highest BCUT2D eigenvalue weighted by molar-refractivity contribution is 14.0. The second-order valence-corrected chi connectivity index (χ2v) is 5.27. The molecule has 0 aliphatic rings. The smallest absolute Gasteiger partial charge is 0.243 e. The van der Waals surface area contributed by atoms with Crippen molar-refractivity contribution in [2.45, 2.75) is 13.5 Å². The summed E-state index contributed by atoms with van der Waals surface area (Å²) in [5.41, 5.74) is 0.433. The fraction of sp³-hybridized carbons (Fsp3) is 0.312. The van der Waals surface area contributed by atoms with Crippen molar-refractivity contribution >= 4 is 41.5 Å². The van der Waals surface area contributed by atoms with Gasteiger partial charge in [-0.3, -0.25) is 9.48 Å². The summed E-state index contributed by atoms with van der Waals surface area (Å²) in [6.07, 6.45) is 1.65. The van der Waals surface area contributed by atoms with Crippen molar-refractivity contribution in [2.24, 2.45) is 12.0 Å². The Morgan fingerprint density at radius 1 is 1.19 bits per heavy atom. The third-order valence-corrected chi connectivity index (χ3v) is 3.39. The summed E-state index contributed by atoms with van der Waals surface area (Å²) in [5, 5.41) is 11.9. The van der Waals surface area contributed by atoms with Gasteiger partial charge in [0.25, 0.3) is 0 Å². The fourth-order valence-corrected chi connectivity index (χ4v) is 2.04. The molecule has 2 rings (SSSR count). The SMILES string of the molecule is CCNC(=NCc1ccnn1C)NCC(=O)Nc1ccc(F)c(F)c1F.I. The molecule has 0 bridgehead atoms. The highest BCUT2D eigenvalue weighted by Crippen LogP contribution is 2.19. The van der Waals surface area contributed by atoms with Gasteiger partial charge in [0.05, 0.1) is 24.5 Å². The molecule has 3 N–H and O–H groups in total. The Bertz CT molecular complexity index is 811. The number of amides is 1. The Labute approximate surface area is 171 Å². The molecule has 0 radical (unpaired) electrons. The molecule has 0 aliphatic carbocycles. The molecular formula is C16H20F3IN6O. The van der Waals surface area contributed by atoms with Crippen LogP contribution in [0.15, 0.2) is 29.4 Å². The Morgan fingerprint density at radius 3 is 2.56 bits per heavy atom. The summed E-state index contributed by atoms with van der Waals surface area (Å²) < 4.78 is 41.3. The zero-order valence-electron chi connectivity index (χ0n) is 14.7. The molecule has 0 atom stereocenters. The molecule has 1 aromatic heterocycles. The molecular weight excluding hydrogens is 476 g/mol. The second-order valence-electron chi connectivity index (χ2n) is 5.27. The van der Waals surface area contributed by atoms with Gasteiger partial charge in [0.15, 0.2) is 23.4 Å². The first-order valence-electron chi connectivity index (χ1n) is 7.84. The Morgan fingerprint density at radius 2 is 1.93 bits per heavy atom. The van der Waals surface area contributed by atoms with Crippen molar-refractivity contribution in [3.63, 3.8) is 0 Å². The van der Waals surface area contributed by atoms with Crippen LogP contribution in [0, 0.1) is 17.5 Å². The lowest BCUT2D eigenvalue weighted by atomic mass is 10.2. The zero-order valence-corrected chi connectivity index (χ0v) is 17.1. The predicted molar refractivity (Wildman–Crippen MR) is 106 cm³/mol. The maximum Gasteiger partial charge on any atom is 0.243 e. The minimum absolute atomic E-state index is 0. The summed E-state index contributed by atoms with van der Waals surface area (Å²) in [4.78, 5) is 16.2. The molecule has 0 saturated carbocycles. The van der Waals surface area contributed by atoms with Crippen LogP contribution in [0.4, 0.5) is 18.9 Å². The number of nitrogens with one attached hydrogen (secondary N) is 3. The molecule has 0 aliphatic heterocycles. The number of benzene rings is 1. The van der Waals surface area contributed by atoms with Crippen LogP contribution in [0.5, 0.6) is 0 Å². The molecule has 0 fully saturated rings. The third kappa shape index (κ3) is 6.41. The summed E-state index contributed by atoms with van der Waals surface area (Å²) in [6, 6.07) is 3.50. The molecule has 11 heteroatoms. The number of carbonyl (C=O) groups excluding carboxylic acids is 1. The van der Waals surface area contributed by atoms with E-state index in [1.165, 1.54) is 0 Å². The minimum Gasteiger partial charge on any atom is -0.357 e. The van der Waals surface area contributed by atoms with E-state index in [0.717, 1.165) is 17.8 Å². The lowest BCUT2D eigenvalue weighted by Crippen LogP contribution is -2.41. The van der Waals surface area contributed by atoms with Crippen molar-refractivity contribution < 1.29 is 18.0 Å². The normalized spacial score (nSPS) is 10.9. The van der Waals surface area contributed by atoms with Crippen molar-refractivity contribution in [1.82, 2.24) is 20.4 Å². The van der Waals surface area contributed by atoms with Crippen molar-refractivity contribution in [2.75, 3.05) is 18.4 Å². The van der Waals surface area contributed by atoms with Gasteiger partial charge in [0.2, 0.25) is 5.91 Å². The van der Waals surface area contributed by atoms with E-state index >= 15 is 0 Å². The van der Waals surface area contributed by atoms with Gasteiger partial charge in [-0.2, -0.15) is 5.10 Å². The first-order valence-corrected chi connectivity index (χ1v) is 7.84. The third-order valence-electron chi connectivity index (χ3n) is 3.39. The maximum atomic E-state index is 13.6. The molecule has 27 heavy (non-hydrogen) atoms. The maximum absolute atomic E-state index is 13.6. The van der Waals surface area contributed by atoms with Gasteiger partial charge in [-0.25, -0.2) is 18.2 Å². The van der Waals surface area contributed by atoms with Crippen LogP contribution in [0.2, 0.25) is 0 Å². The predicted octanol–water partition coefficient (Wildman–Crippen LogP) is 2.15. The van der Waals surface area contributed by atoms with E-state index in [2.05, 4.69) is 26.0 Å². The van der Waals surface area contributed by atoms with E-state index in [0.29, 0.717) is 19.0 Å². The molecule has 1 amide bonds. The van der Waals surface area contributed by atoms with E-state index in [1.54, 1.807) is 17.9 Å². The van der Waals surface area contributed by atoms with Gasteiger partial charge in [-0.05, 0) is 25.1 Å². The van der Waals surface area contributed by atoms with Gasteiger partial charge in [-0.1, -0.05) is 0 Å². The lowest BCUT2D eigenvalue weighted by molar-refractivity contribution is -0.115. The van der Waals surface area contributed by atoms with E-state index < -0.39 is 29.0 Å². The van der Waals surface area contributed by atoms with Gasteiger partial charge in [0.1, 0.15) is 0 Å². The first kappa shape index (κ1) is 22.7. The number of aliphatic imine (C=N–C) groups is 1. The monoisotopic (exact) mass is 496 g/mol. The van der Waals surface area contributed by atoms with Crippen LogP contribution in [0.3, 0.4) is 0 Å². The number of anilines is 1. The largest absolute Gasteiger partial charge is 0.357 e. The summed E-state index contributed by atoms with van der Waals surface area (Å²) in [7, 11) is 1.79. The van der Waals surface area contributed by atoms with Gasteiger partial charge >= 0.3 is 0 Å². The number of hydrogen-bond donors (Lipinski definition) is 3. The fourth-order valence-electron chi connectivity index (χ4n) is 2.04. The molecule has 7 nitrogen and oxygen atoms in total. The van der Waals surface area contributed by atoms with Gasteiger partial charge < -0.3 is 16.0 Å². The number of nitrogens with zero attached hydrogens (tertiary/aromatic N) is 3. The van der Waals surface area contributed by atoms with Crippen molar-refractivity contribution in [1.29, 1.82) is 0 Å². The highest BCUT2D eigenvalue weighted by atomic mass is 127. The topological polar surface area (TPSA) is 83.3 Å². The number of hydrogen-bond acceptors (Lipinski definition) is 3. The average molecular weight is 496 g/mol. The van der Waals surface area contributed by atoms with Gasteiger partial charge in [-0.15, -0.1) is 24.0 Å². The van der Waals surface area contributed by atoms with E-state index in [4.69, 9.17) is 0 Å². The summed E-state index contributed by atoms with van der Waals surface area (Å²) >= 11 is 0. The van der Waals surface area contributed by atoms with Crippen LogP contribution in [0.1, 0.15) is 12.6 Å². The second kappa shape index (κ2) is 10.7. The number of carbonyl (C=O) groups is 1. The quantitative estimate of drug-likeness (QED) is 0.248. The van der Waals surface area contributed by atoms with Crippen LogP contribution in [0.25, 0.3) is 0 Å². The van der Waals surface area contributed by atoms with Gasteiger partial charge in [0, 0.05) is 19.8 Å². The Kier molecular flexibility index (Phi) is 9.05. The highest BCUT2D eigenvalue weighted by Gasteiger charge is 2.15. The van der Waals surface area contributed by atoms with Crippen LogP contribution in [-0.4, -0.2) is 34.7 Å². The number of aromatic nitrogens is 2. The minimum atomic E-state index is -1.64. The Hall–Kier alpha value is -2.31. The van der Waals surface area contributed by atoms with Crippen LogP contribution in [-0.2, 0) is 18.4 Å². The number of aryl methyl sites for hydroxylation is 1. The zero-order chi connectivity index (χ0) is 19.1. The lowest BCUT2D eigenvalue weighted by Gasteiger charge is -2.12. The van der Waals surface area contributed by atoms with E-state index in [-0.39, 0.29) is 30.5 Å². The van der Waals surface area contributed by atoms with E-state index in [9.17, 15) is 18.0 Å². The molecule has 0 unspecified atom stereocenters. The summed E-state index contributed by atoms with van der Waals surface area (Å²) in [5.74, 6) is -4.68.